The van der Waals surface area contributed by atoms with Crippen molar-refractivity contribution in [3.05, 3.63) is 393 Å². The third-order valence-corrected chi connectivity index (χ3v) is 21.1. The molecular formula is C96H85F4N7O12. The van der Waals surface area contributed by atoms with Gasteiger partial charge in [-0.05, 0) is 147 Å². The van der Waals surface area contributed by atoms with Crippen molar-refractivity contribution in [2.75, 3.05) is 78.5 Å². The molecule has 1 amide bonds. The molecule has 0 saturated heterocycles. The molecule has 7 N–H and O–H groups in total. The molecule has 19 nitrogen and oxygen atoms in total. The van der Waals surface area contributed by atoms with Crippen molar-refractivity contribution >= 4 is 63.0 Å². The van der Waals surface area contributed by atoms with Gasteiger partial charge in [-0.15, -0.1) is 0 Å². The van der Waals surface area contributed by atoms with Crippen molar-refractivity contribution in [1.82, 2.24) is 25.9 Å². The highest BCUT2D eigenvalue weighted by Crippen LogP contribution is 2.43. The van der Waals surface area contributed by atoms with E-state index in [-0.39, 0.29) is 31.0 Å². The molecule has 23 heteroatoms. The van der Waals surface area contributed by atoms with Crippen LogP contribution in [-0.2, 0) is 53.3 Å². The maximum Gasteiger partial charge on any atom is 0.354 e. The van der Waals surface area contributed by atoms with E-state index in [4.69, 9.17) is 28.4 Å². The SMILES string of the molecule is COC(=O)c1cc2c3c(ccc2[nH]1)N(C(=O)CNC(c1ccccc1)(c1ccccc1)c1ccc(OC)cc1)CC3.COC(=O)c1cc2c3c(ccc2[nH]1)NCC3.COc1ccc(C(NCC(=O)O)(c2ccccc2)c2ccccc2)cc1.COc1ccc(C(NCC(=O)Oc2c(F)c(F)cc(F)c2F)(c2ccccc2)c2ccccc2)cc1. The number of anilines is 2. The fraction of sp³-hybridized carbons (Fsp3) is 0.156. The standard InChI is InChI=1S/C34H31N3O4.C28H21F4NO3.C22H21NO3.C12H12N2O2/c1-40-26-15-13-25(14-16-26)34(23-9-5-3-6-10-23,24-11-7-4-8-12-24)35-22-32(38)37-20-19-27-28-21-30(33(39)41-2)36-29(28)17-18-31(27)37;1-35-21-14-12-20(13-15-21)28(18-8-4-2-5-9-18,19-10-6-3-7-11-19)33-17-24(34)36-27-25(31)22(29)16-23(30)26(27)32;1-26-20-14-12-19(13-15-20)22(23-16-21(24)25,17-8-4-2-5-9-17)18-10-6-3-7-11-18;1-16-12(15)11-6-8-7-4-5-13-9(7)2-3-10(8)14-11/h3-18,21,35-36H,19-20,22H2,1-2H3;2-16,33H,17H2,1H3;2-15,23H,16H2,1H3,(H,24,25);2-3,6,13-14H,4-5H2,1H3. The molecule has 0 bridgehead atoms. The summed E-state index contributed by atoms with van der Waals surface area (Å²) in [5.41, 5.74) is 12.6. The topological polar surface area (TPSA) is 244 Å². The maximum atomic E-state index is 14.1. The van der Waals surface area contributed by atoms with E-state index in [0.717, 1.165) is 108 Å². The number of carbonyl (C=O) groups excluding carboxylic acids is 4. The summed E-state index contributed by atoms with van der Waals surface area (Å²) in [5, 5.41) is 24.8. The number of aliphatic carboxylic acids is 1. The van der Waals surface area contributed by atoms with E-state index in [9.17, 15) is 46.6 Å². The van der Waals surface area contributed by atoms with E-state index in [1.54, 1.807) is 33.5 Å². The molecule has 0 atom stereocenters. The van der Waals surface area contributed by atoms with E-state index >= 15 is 0 Å². The van der Waals surface area contributed by atoms with Crippen LogP contribution >= 0.6 is 0 Å². The average molecular weight is 1600 g/mol. The van der Waals surface area contributed by atoms with Gasteiger partial charge in [0.1, 0.15) is 28.6 Å². The molecule has 604 valence electrons. The van der Waals surface area contributed by atoms with Gasteiger partial charge in [-0.25, -0.2) is 18.4 Å². The van der Waals surface area contributed by atoms with Gasteiger partial charge in [0, 0.05) is 52.3 Å². The quantitative estimate of drug-likeness (QED) is 0.00978. The number of fused-ring (bicyclic) bond motifs is 6. The summed E-state index contributed by atoms with van der Waals surface area (Å²) in [6.07, 6.45) is 1.71. The van der Waals surface area contributed by atoms with E-state index in [0.29, 0.717) is 30.1 Å². The molecule has 0 aliphatic carbocycles. The summed E-state index contributed by atoms with van der Waals surface area (Å²) >= 11 is 0. The van der Waals surface area contributed by atoms with Gasteiger partial charge < -0.3 is 53.7 Å². The van der Waals surface area contributed by atoms with Crippen molar-refractivity contribution in [3.63, 3.8) is 0 Å². The van der Waals surface area contributed by atoms with Crippen LogP contribution < -0.4 is 45.1 Å². The smallest absolute Gasteiger partial charge is 0.354 e. The molecule has 2 aliphatic rings. The number of benzene rings is 12. The first-order valence-corrected chi connectivity index (χ1v) is 38.1. The first-order chi connectivity index (χ1) is 57.9. The molecule has 14 aromatic rings. The predicted octanol–water partition coefficient (Wildman–Crippen LogP) is 16.8. The van der Waals surface area contributed by atoms with Crippen molar-refractivity contribution in [2.45, 2.75) is 29.5 Å². The minimum atomic E-state index is -1.80. The van der Waals surface area contributed by atoms with Crippen LogP contribution in [0.1, 0.15) is 82.2 Å². The van der Waals surface area contributed by atoms with E-state index in [1.807, 2.05) is 260 Å². The van der Waals surface area contributed by atoms with Crippen LogP contribution in [0, 0.1) is 23.3 Å². The van der Waals surface area contributed by atoms with Crippen molar-refractivity contribution < 1.29 is 75.1 Å². The highest BCUT2D eigenvalue weighted by molar-refractivity contribution is 6.03. The number of aromatic amines is 2. The maximum absolute atomic E-state index is 14.1. The first-order valence-electron chi connectivity index (χ1n) is 38.1. The number of esters is 3. The Morgan fingerprint density at radius 1 is 0.403 bits per heavy atom. The van der Waals surface area contributed by atoms with Gasteiger partial charge in [-0.1, -0.05) is 218 Å². The Bertz CT molecular complexity index is 5710. The Kier molecular flexibility index (Phi) is 26.2. The fourth-order valence-corrected chi connectivity index (χ4v) is 15.4. The summed E-state index contributed by atoms with van der Waals surface area (Å²) in [4.78, 5) is 69.5. The number of amides is 1. The highest BCUT2D eigenvalue weighted by atomic mass is 19.2. The number of carbonyl (C=O) groups is 5. The molecule has 0 radical (unpaired) electrons. The first kappa shape index (κ1) is 82.8. The molecule has 2 aromatic heterocycles. The third kappa shape index (κ3) is 17.7. The summed E-state index contributed by atoms with van der Waals surface area (Å²) in [6, 6.07) is 93.0. The van der Waals surface area contributed by atoms with Crippen molar-refractivity contribution in [2.24, 2.45) is 0 Å². The van der Waals surface area contributed by atoms with Gasteiger partial charge >= 0.3 is 23.9 Å². The summed E-state index contributed by atoms with van der Waals surface area (Å²) in [7, 11) is 7.57. The zero-order valence-corrected chi connectivity index (χ0v) is 65.6. The van der Waals surface area contributed by atoms with Gasteiger partial charge in [0.2, 0.25) is 23.3 Å². The number of nitrogens with zero attached hydrogens (tertiary/aromatic N) is 1. The van der Waals surface area contributed by atoms with Gasteiger partial charge in [0.05, 0.1) is 71.8 Å². The Labute approximate surface area is 684 Å². The number of ether oxygens (including phenoxy) is 6. The molecule has 119 heavy (non-hydrogen) atoms. The molecule has 2 aliphatic heterocycles. The highest BCUT2D eigenvalue weighted by Gasteiger charge is 2.41. The van der Waals surface area contributed by atoms with Crippen LogP contribution in [0.2, 0.25) is 0 Å². The Balaban J connectivity index is 0.000000144. The number of aromatic nitrogens is 2. The lowest BCUT2D eigenvalue weighted by atomic mass is 9.77. The third-order valence-electron chi connectivity index (χ3n) is 21.1. The van der Waals surface area contributed by atoms with Crippen LogP contribution in [0.25, 0.3) is 21.8 Å². The van der Waals surface area contributed by atoms with Crippen LogP contribution in [-0.4, -0.2) is 113 Å². The number of hydrogen-bond acceptors (Lipinski definition) is 15. The lowest BCUT2D eigenvalue weighted by Crippen LogP contribution is -2.49. The van der Waals surface area contributed by atoms with Crippen LogP contribution in [0.15, 0.2) is 297 Å². The van der Waals surface area contributed by atoms with Gasteiger partial charge in [0.15, 0.2) is 11.6 Å². The molecule has 0 spiro atoms. The van der Waals surface area contributed by atoms with E-state index in [1.165, 1.54) is 25.5 Å². The zero-order valence-electron chi connectivity index (χ0n) is 65.6. The molecule has 0 fully saturated rings. The minimum Gasteiger partial charge on any atom is -0.497 e. The summed E-state index contributed by atoms with van der Waals surface area (Å²) < 4.78 is 85.5. The molecule has 12 aromatic carbocycles. The number of halogens is 4. The molecular weight excluding hydrogens is 1520 g/mol. The zero-order chi connectivity index (χ0) is 83.6. The monoisotopic (exact) mass is 1600 g/mol. The fourth-order valence-electron chi connectivity index (χ4n) is 15.4. The lowest BCUT2D eigenvalue weighted by molar-refractivity contribution is -0.136. The number of nitrogens with one attached hydrogen (secondary N) is 6. The second-order valence-electron chi connectivity index (χ2n) is 27.8. The van der Waals surface area contributed by atoms with Crippen molar-refractivity contribution in [3.8, 4) is 23.0 Å². The normalized spacial score (nSPS) is 12.1. The van der Waals surface area contributed by atoms with Crippen molar-refractivity contribution in [1.29, 1.82) is 0 Å². The number of carboxylic acid groups (broad SMARTS) is 1. The predicted molar refractivity (Wildman–Crippen MR) is 448 cm³/mol. The average Bonchev–Trinajstić information content (AvgIpc) is 1.38. The second-order valence-corrected chi connectivity index (χ2v) is 27.8. The largest absolute Gasteiger partial charge is 0.497 e. The Morgan fingerprint density at radius 2 is 0.748 bits per heavy atom. The minimum absolute atomic E-state index is 0.0309. The second kappa shape index (κ2) is 37.6. The number of H-pyrrole nitrogens is 2. The number of hydrogen-bond donors (Lipinski definition) is 7. The van der Waals surface area contributed by atoms with Crippen LogP contribution in [0.4, 0.5) is 28.9 Å². The Morgan fingerprint density at radius 3 is 1.11 bits per heavy atom. The van der Waals surface area contributed by atoms with Gasteiger partial charge in [-0.2, -0.15) is 8.78 Å². The van der Waals surface area contributed by atoms with Crippen LogP contribution in [0.3, 0.4) is 0 Å². The molecule has 4 heterocycles. The van der Waals surface area contributed by atoms with E-state index in [2.05, 4.69) is 55.5 Å². The van der Waals surface area contributed by atoms with E-state index < -0.39 is 70.1 Å². The number of carboxylic acids is 1. The molecule has 0 saturated carbocycles. The Hall–Kier alpha value is -14.1. The summed E-state index contributed by atoms with van der Waals surface area (Å²) in [6.45, 7) is 0.906. The summed E-state index contributed by atoms with van der Waals surface area (Å²) in [5.74, 6) is -9.07. The number of rotatable bonds is 24. The van der Waals surface area contributed by atoms with Crippen LogP contribution in [0.5, 0.6) is 23.0 Å². The van der Waals surface area contributed by atoms with Gasteiger partial charge in [0.25, 0.3) is 0 Å². The van der Waals surface area contributed by atoms with Gasteiger partial charge in [-0.3, -0.25) is 30.3 Å². The number of methoxy groups -OCH3 is 5. The molecule has 0 unspecified atom stereocenters. The lowest BCUT2D eigenvalue weighted by Gasteiger charge is -2.37. The molecule has 16 rings (SSSR count).